The molecule has 1 saturated heterocycles. The molecule has 0 aromatic rings. The lowest BCUT2D eigenvalue weighted by molar-refractivity contribution is -0.137. The van der Waals surface area contributed by atoms with E-state index in [-0.39, 0.29) is 0 Å². The second kappa shape index (κ2) is 7.11. The lowest BCUT2D eigenvalue weighted by Gasteiger charge is -2.32. The van der Waals surface area contributed by atoms with Crippen LogP contribution in [0.4, 0.5) is 0 Å². The van der Waals surface area contributed by atoms with E-state index in [0.29, 0.717) is 5.75 Å². The van der Waals surface area contributed by atoms with Crippen LogP contribution in [0.3, 0.4) is 0 Å². The number of hydrogen-bond donors (Lipinski definition) is 2. The van der Waals surface area contributed by atoms with Gasteiger partial charge in [0, 0.05) is 44.2 Å². The van der Waals surface area contributed by atoms with E-state index in [0.717, 1.165) is 38.5 Å². The monoisotopic (exact) mass is 247 g/mol. The Kier molecular flexibility index (Phi) is 6.12. The molecule has 0 spiro atoms. The number of hydrogen-bond acceptors (Lipinski definition) is 5. The number of aliphatic carboxylic acids is 1. The van der Waals surface area contributed by atoms with Crippen LogP contribution in [0.5, 0.6) is 0 Å². The van der Waals surface area contributed by atoms with Crippen molar-refractivity contribution in [3.05, 3.63) is 0 Å². The smallest absolute Gasteiger partial charge is 0.321 e. The maximum absolute atomic E-state index is 10.5. The highest BCUT2D eigenvalue weighted by atomic mass is 32.2. The van der Waals surface area contributed by atoms with Crippen molar-refractivity contribution in [2.75, 3.05) is 51.3 Å². The summed E-state index contributed by atoms with van der Waals surface area (Å²) in [5.74, 6) is 0.556. The van der Waals surface area contributed by atoms with Crippen molar-refractivity contribution < 1.29 is 9.90 Å². The average molecular weight is 247 g/mol. The molecule has 1 aliphatic rings. The predicted molar refractivity (Wildman–Crippen MR) is 66.9 cm³/mol. The van der Waals surface area contributed by atoms with Crippen LogP contribution in [-0.2, 0) is 4.79 Å². The van der Waals surface area contributed by atoms with E-state index in [9.17, 15) is 4.79 Å². The van der Waals surface area contributed by atoms with E-state index in [1.165, 1.54) is 0 Å². The molecule has 0 aliphatic carbocycles. The first kappa shape index (κ1) is 13.8. The second-order valence-electron chi connectivity index (χ2n) is 4.16. The molecular weight excluding hydrogens is 226 g/mol. The van der Waals surface area contributed by atoms with Gasteiger partial charge in [0.1, 0.15) is 6.04 Å². The lowest BCUT2D eigenvalue weighted by atomic mass is 10.3. The van der Waals surface area contributed by atoms with Crippen molar-refractivity contribution in [2.24, 2.45) is 5.73 Å². The highest BCUT2D eigenvalue weighted by Crippen LogP contribution is 2.05. The Morgan fingerprint density at radius 1 is 1.44 bits per heavy atom. The molecule has 3 N–H and O–H groups in total. The SMILES string of the molecule is CN1CCN(CCSCC(N)C(=O)O)CC1. The van der Waals surface area contributed by atoms with E-state index in [1.54, 1.807) is 11.8 Å². The minimum absolute atomic E-state index is 0.503. The molecule has 0 amide bonds. The molecule has 0 bridgehead atoms. The van der Waals surface area contributed by atoms with Crippen LogP contribution in [-0.4, -0.2) is 78.2 Å². The predicted octanol–water partition coefficient (Wildman–Crippen LogP) is -0.621. The molecule has 0 radical (unpaired) electrons. The summed E-state index contributed by atoms with van der Waals surface area (Å²) in [7, 11) is 2.14. The number of nitrogens with zero attached hydrogens (tertiary/aromatic N) is 2. The summed E-state index contributed by atoms with van der Waals surface area (Å²) in [5, 5.41) is 8.60. The van der Waals surface area contributed by atoms with Gasteiger partial charge < -0.3 is 15.7 Å². The number of rotatable bonds is 6. The molecule has 0 aromatic heterocycles. The second-order valence-corrected chi connectivity index (χ2v) is 5.31. The van der Waals surface area contributed by atoms with Gasteiger partial charge in [0.2, 0.25) is 0 Å². The molecule has 1 unspecified atom stereocenters. The Bertz CT molecular complexity index is 220. The van der Waals surface area contributed by atoms with E-state index in [1.807, 2.05) is 0 Å². The molecule has 16 heavy (non-hydrogen) atoms. The molecular formula is C10H21N3O2S. The van der Waals surface area contributed by atoms with Crippen molar-refractivity contribution in [3.8, 4) is 0 Å². The number of carbonyl (C=O) groups is 1. The Morgan fingerprint density at radius 3 is 2.62 bits per heavy atom. The van der Waals surface area contributed by atoms with Crippen molar-refractivity contribution in [1.29, 1.82) is 0 Å². The quantitative estimate of drug-likeness (QED) is 0.610. The first-order valence-electron chi connectivity index (χ1n) is 5.56. The summed E-state index contributed by atoms with van der Waals surface area (Å²) < 4.78 is 0. The van der Waals surface area contributed by atoms with Crippen LogP contribution in [0, 0.1) is 0 Å². The molecule has 0 saturated carbocycles. The van der Waals surface area contributed by atoms with Gasteiger partial charge in [-0.1, -0.05) is 0 Å². The zero-order chi connectivity index (χ0) is 12.0. The highest BCUT2D eigenvalue weighted by Gasteiger charge is 2.14. The van der Waals surface area contributed by atoms with Crippen LogP contribution in [0.1, 0.15) is 0 Å². The molecule has 1 aliphatic heterocycles. The average Bonchev–Trinajstić information content (AvgIpc) is 2.26. The van der Waals surface area contributed by atoms with Gasteiger partial charge in [-0.15, -0.1) is 0 Å². The first-order valence-corrected chi connectivity index (χ1v) is 6.72. The first-order chi connectivity index (χ1) is 7.59. The molecule has 1 rings (SSSR count). The Labute approximate surface area is 101 Å². The van der Waals surface area contributed by atoms with E-state index >= 15 is 0 Å². The van der Waals surface area contributed by atoms with Gasteiger partial charge in [-0.3, -0.25) is 9.69 Å². The third kappa shape index (κ3) is 5.16. The summed E-state index contributed by atoms with van der Waals surface area (Å²) in [6, 6.07) is -0.725. The summed E-state index contributed by atoms with van der Waals surface area (Å²) in [6.07, 6.45) is 0. The fourth-order valence-corrected chi connectivity index (χ4v) is 2.50. The van der Waals surface area contributed by atoms with Gasteiger partial charge in [0.05, 0.1) is 0 Å². The van der Waals surface area contributed by atoms with E-state index in [2.05, 4.69) is 16.8 Å². The van der Waals surface area contributed by atoms with Crippen LogP contribution in [0.2, 0.25) is 0 Å². The number of nitrogens with two attached hydrogens (primary N) is 1. The van der Waals surface area contributed by atoms with Crippen LogP contribution in [0.15, 0.2) is 0 Å². The normalized spacial score (nSPS) is 20.9. The van der Waals surface area contributed by atoms with Gasteiger partial charge in [0.15, 0.2) is 0 Å². The Morgan fingerprint density at radius 2 is 2.06 bits per heavy atom. The number of likely N-dealkylation sites (N-methyl/N-ethyl adjacent to an activating group) is 1. The minimum atomic E-state index is -0.910. The minimum Gasteiger partial charge on any atom is -0.480 e. The fraction of sp³-hybridized carbons (Fsp3) is 0.900. The van der Waals surface area contributed by atoms with Crippen molar-refractivity contribution in [2.45, 2.75) is 6.04 Å². The van der Waals surface area contributed by atoms with Crippen LogP contribution >= 0.6 is 11.8 Å². The maximum Gasteiger partial charge on any atom is 0.321 e. The summed E-state index contributed by atoms with van der Waals surface area (Å²) in [5.41, 5.74) is 5.41. The van der Waals surface area contributed by atoms with Crippen molar-refractivity contribution in [1.82, 2.24) is 9.80 Å². The van der Waals surface area contributed by atoms with Crippen molar-refractivity contribution >= 4 is 17.7 Å². The molecule has 94 valence electrons. The number of piperazine rings is 1. The third-order valence-corrected chi connectivity index (χ3v) is 3.83. The molecule has 1 fully saturated rings. The third-order valence-electron chi connectivity index (χ3n) is 2.76. The van der Waals surface area contributed by atoms with Gasteiger partial charge in [-0.05, 0) is 7.05 Å². The number of carboxylic acids is 1. The number of carboxylic acid groups (broad SMARTS) is 1. The van der Waals surface area contributed by atoms with E-state index in [4.69, 9.17) is 10.8 Å². The Hall–Kier alpha value is -0.300. The zero-order valence-corrected chi connectivity index (χ0v) is 10.6. The largest absolute Gasteiger partial charge is 0.480 e. The van der Waals surface area contributed by atoms with Gasteiger partial charge >= 0.3 is 5.97 Å². The summed E-state index contributed by atoms with van der Waals surface area (Å²) >= 11 is 1.62. The Balaban J connectivity index is 2.01. The van der Waals surface area contributed by atoms with Crippen molar-refractivity contribution in [3.63, 3.8) is 0 Å². The molecule has 1 atom stereocenters. The standard InChI is InChI=1S/C10H21N3O2S/c1-12-2-4-13(5-3-12)6-7-16-8-9(11)10(14)15/h9H,2-8,11H2,1H3,(H,14,15). The maximum atomic E-state index is 10.5. The lowest BCUT2D eigenvalue weighted by Crippen LogP contribution is -2.45. The molecule has 0 aromatic carbocycles. The van der Waals surface area contributed by atoms with Crippen LogP contribution in [0.25, 0.3) is 0 Å². The molecule has 5 nitrogen and oxygen atoms in total. The topological polar surface area (TPSA) is 69.8 Å². The highest BCUT2D eigenvalue weighted by molar-refractivity contribution is 7.99. The van der Waals surface area contributed by atoms with Gasteiger partial charge in [-0.25, -0.2) is 0 Å². The molecule has 1 heterocycles. The number of thioether (sulfide) groups is 1. The van der Waals surface area contributed by atoms with Gasteiger partial charge in [-0.2, -0.15) is 11.8 Å². The fourth-order valence-electron chi connectivity index (χ4n) is 1.55. The summed E-state index contributed by atoms with van der Waals surface area (Å²) in [4.78, 5) is 15.2. The zero-order valence-electron chi connectivity index (χ0n) is 9.76. The van der Waals surface area contributed by atoms with Crippen LogP contribution < -0.4 is 5.73 Å². The van der Waals surface area contributed by atoms with E-state index < -0.39 is 12.0 Å². The van der Waals surface area contributed by atoms with Gasteiger partial charge in [0.25, 0.3) is 0 Å². The summed E-state index contributed by atoms with van der Waals surface area (Å²) in [6.45, 7) is 5.51. The molecule has 6 heteroatoms.